The molecular formula is C26H25FN4O3S. The summed E-state index contributed by atoms with van der Waals surface area (Å²) in [5.41, 5.74) is 1.03. The number of rotatable bonds is 6. The third kappa shape index (κ3) is 4.43. The average molecular weight is 493 g/mol. The fourth-order valence-corrected chi connectivity index (χ4v) is 5.72. The van der Waals surface area contributed by atoms with Gasteiger partial charge in [-0.15, -0.1) is 0 Å². The summed E-state index contributed by atoms with van der Waals surface area (Å²) in [5, 5.41) is 6.92. The van der Waals surface area contributed by atoms with Crippen molar-refractivity contribution in [2.75, 3.05) is 13.1 Å². The second kappa shape index (κ2) is 9.58. The maximum absolute atomic E-state index is 13.9. The van der Waals surface area contributed by atoms with Gasteiger partial charge in [-0.05, 0) is 64.9 Å². The maximum Gasteiger partial charge on any atom is 0.325 e. The first-order chi connectivity index (χ1) is 17.0. The van der Waals surface area contributed by atoms with Crippen molar-refractivity contribution in [1.29, 1.82) is 0 Å². The Morgan fingerprint density at radius 3 is 2.54 bits per heavy atom. The van der Waals surface area contributed by atoms with Crippen molar-refractivity contribution in [2.24, 2.45) is 5.92 Å². The van der Waals surface area contributed by atoms with Gasteiger partial charge in [-0.3, -0.25) is 19.5 Å². The number of nitrogens with zero attached hydrogens (tertiary/aromatic N) is 3. The first kappa shape index (κ1) is 23.2. The molecule has 0 spiro atoms. The van der Waals surface area contributed by atoms with Gasteiger partial charge in [-0.1, -0.05) is 18.2 Å². The first-order valence-corrected chi connectivity index (χ1v) is 12.5. The maximum atomic E-state index is 13.9. The van der Waals surface area contributed by atoms with Crippen LogP contribution in [0.5, 0.6) is 0 Å². The van der Waals surface area contributed by atoms with E-state index in [1.165, 1.54) is 17.0 Å². The van der Waals surface area contributed by atoms with Crippen LogP contribution in [0.2, 0.25) is 0 Å². The topological polar surface area (TPSA) is 82.6 Å². The number of hydrogen-bond acceptors (Lipinski definition) is 5. The molecule has 1 N–H and O–H groups in total. The number of aromatic nitrogens is 1. The number of amides is 4. The fraction of sp³-hybridized carbons (Fsp3) is 0.308. The van der Waals surface area contributed by atoms with E-state index >= 15 is 0 Å². The smallest absolute Gasteiger partial charge is 0.325 e. The molecule has 0 aliphatic carbocycles. The minimum absolute atomic E-state index is 0.0466. The lowest BCUT2D eigenvalue weighted by molar-refractivity contribution is -0.136. The molecule has 2 aliphatic rings. The number of piperidine rings is 1. The van der Waals surface area contributed by atoms with Crippen LogP contribution in [0.15, 0.2) is 65.6 Å². The number of urea groups is 1. The highest BCUT2D eigenvalue weighted by atomic mass is 32.1. The van der Waals surface area contributed by atoms with Gasteiger partial charge in [0.1, 0.15) is 5.82 Å². The largest absolute Gasteiger partial charge is 0.342 e. The number of hydrogen-bond donors (Lipinski definition) is 1. The molecule has 35 heavy (non-hydrogen) atoms. The summed E-state index contributed by atoms with van der Waals surface area (Å²) < 4.78 is 13.3. The molecule has 2 saturated heterocycles. The SMILES string of the molecule is O=C(Cc1ccsc1)N1CCC([C@@]2(c3cccnc3)NC(=O)N(Cc3ccc(F)cc3)C2=O)CC1. The summed E-state index contributed by atoms with van der Waals surface area (Å²) in [5.74, 6) is -0.859. The number of thiophene rings is 1. The molecule has 180 valence electrons. The molecular weight excluding hydrogens is 467 g/mol. The highest BCUT2D eigenvalue weighted by molar-refractivity contribution is 7.08. The highest BCUT2D eigenvalue weighted by Gasteiger charge is 2.57. The van der Waals surface area contributed by atoms with Gasteiger partial charge < -0.3 is 10.2 Å². The van der Waals surface area contributed by atoms with Crippen LogP contribution in [0.3, 0.4) is 0 Å². The number of nitrogens with one attached hydrogen (secondary N) is 1. The number of carbonyl (C=O) groups excluding carboxylic acids is 3. The van der Waals surface area contributed by atoms with Crippen molar-refractivity contribution >= 4 is 29.2 Å². The predicted octanol–water partition coefficient (Wildman–Crippen LogP) is 3.71. The van der Waals surface area contributed by atoms with E-state index in [1.54, 1.807) is 48.0 Å². The van der Waals surface area contributed by atoms with Crippen LogP contribution in [0, 0.1) is 11.7 Å². The van der Waals surface area contributed by atoms with Crippen LogP contribution in [0.1, 0.15) is 29.5 Å². The Kier molecular flexibility index (Phi) is 6.34. The molecule has 0 saturated carbocycles. The molecule has 2 fully saturated rings. The van der Waals surface area contributed by atoms with Gasteiger partial charge in [-0.25, -0.2) is 9.18 Å². The number of imide groups is 1. The Hall–Kier alpha value is -3.59. The third-order valence-corrected chi connectivity index (χ3v) is 7.63. The molecule has 3 aromatic rings. The van der Waals surface area contributed by atoms with E-state index in [0.29, 0.717) is 43.5 Å². The monoisotopic (exact) mass is 492 g/mol. The summed E-state index contributed by atoms with van der Waals surface area (Å²) in [6.45, 7) is 1.07. The minimum atomic E-state index is -1.26. The lowest BCUT2D eigenvalue weighted by Crippen LogP contribution is -2.54. The van der Waals surface area contributed by atoms with Gasteiger partial charge in [0.25, 0.3) is 5.91 Å². The number of pyridine rings is 1. The molecule has 9 heteroatoms. The van der Waals surface area contributed by atoms with Crippen LogP contribution in [0.25, 0.3) is 0 Å². The van der Waals surface area contributed by atoms with E-state index in [9.17, 15) is 18.8 Å². The van der Waals surface area contributed by atoms with Crippen LogP contribution >= 0.6 is 11.3 Å². The zero-order valence-electron chi connectivity index (χ0n) is 19.0. The summed E-state index contributed by atoms with van der Waals surface area (Å²) in [4.78, 5) is 47.0. The Morgan fingerprint density at radius 2 is 1.89 bits per heavy atom. The van der Waals surface area contributed by atoms with E-state index in [4.69, 9.17) is 0 Å². The van der Waals surface area contributed by atoms with Crippen molar-refractivity contribution in [2.45, 2.75) is 31.3 Å². The molecule has 0 radical (unpaired) electrons. The lowest BCUT2D eigenvalue weighted by Gasteiger charge is -2.41. The summed E-state index contributed by atoms with van der Waals surface area (Å²) in [6, 6.07) is 10.8. The lowest BCUT2D eigenvalue weighted by atomic mass is 9.73. The number of halogens is 1. The van der Waals surface area contributed by atoms with Gasteiger partial charge in [0, 0.05) is 31.0 Å². The number of carbonyl (C=O) groups is 3. The molecule has 5 rings (SSSR count). The molecule has 1 atom stereocenters. The normalized spacial score (nSPS) is 20.8. The van der Waals surface area contributed by atoms with Gasteiger partial charge in [0.05, 0.1) is 13.0 Å². The molecule has 2 aromatic heterocycles. The summed E-state index contributed by atoms with van der Waals surface area (Å²) in [7, 11) is 0. The van der Waals surface area contributed by atoms with E-state index in [-0.39, 0.29) is 30.1 Å². The quantitative estimate of drug-likeness (QED) is 0.532. The standard InChI is InChI=1S/C26H25FN4O3S/c27-22-5-3-18(4-6-22)16-31-24(33)26(29-25(31)34,21-2-1-10-28-15-21)20-7-11-30(12-8-20)23(32)14-19-9-13-35-17-19/h1-6,9-10,13,15,17,20H,7-8,11-12,14,16H2,(H,29,34)/t26-/m0/s1. The molecule has 4 heterocycles. The second-order valence-electron chi connectivity index (χ2n) is 8.96. The van der Waals surface area contributed by atoms with Gasteiger partial charge in [-0.2, -0.15) is 11.3 Å². The summed E-state index contributed by atoms with van der Waals surface area (Å²) in [6.07, 6.45) is 4.75. The van der Waals surface area contributed by atoms with Crippen molar-refractivity contribution in [3.8, 4) is 0 Å². The Balaban J connectivity index is 1.37. The second-order valence-corrected chi connectivity index (χ2v) is 9.74. The molecule has 2 aliphatic heterocycles. The van der Waals surface area contributed by atoms with Crippen molar-refractivity contribution in [1.82, 2.24) is 20.1 Å². The van der Waals surface area contributed by atoms with E-state index < -0.39 is 11.6 Å². The highest BCUT2D eigenvalue weighted by Crippen LogP contribution is 2.41. The Bertz CT molecular complexity index is 1210. The first-order valence-electron chi connectivity index (χ1n) is 11.6. The molecule has 0 unspecified atom stereocenters. The van der Waals surface area contributed by atoms with Crippen LogP contribution in [0.4, 0.5) is 9.18 Å². The molecule has 1 aromatic carbocycles. The minimum Gasteiger partial charge on any atom is -0.342 e. The van der Waals surface area contributed by atoms with Gasteiger partial charge in [0.2, 0.25) is 5.91 Å². The summed E-state index contributed by atoms with van der Waals surface area (Å²) >= 11 is 1.57. The van der Waals surface area contributed by atoms with Crippen LogP contribution < -0.4 is 5.32 Å². The van der Waals surface area contributed by atoms with E-state index in [1.807, 2.05) is 21.7 Å². The van der Waals surface area contributed by atoms with E-state index in [0.717, 1.165) is 5.56 Å². The molecule has 7 nitrogen and oxygen atoms in total. The third-order valence-electron chi connectivity index (χ3n) is 6.90. The molecule has 4 amide bonds. The predicted molar refractivity (Wildman–Crippen MR) is 129 cm³/mol. The zero-order chi connectivity index (χ0) is 24.4. The van der Waals surface area contributed by atoms with Gasteiger partial charge >= 0.3 is 6.03 Å². The van der Waals surface area contributed by atoms with Crippen molar-refractivity contribution < 1.29 is 18.8 Å². The van der Waals surface area contributed by atoms with E-state index in [2.05, 4.69) is 10.3 Å². The number of likely N-dealkylation sites (tertiary alicyclic amines) is 1. The number of benzene rings is 1. The van der Waals surface area contributed by atoms with Crippen LogP contribution in [-0.2, 0) is 28.1 Å². The Morgan fingerprint density at radius 1 is 1.11 bits per heavy atom. The van der Waals surface area contributed by atoms with Crippen molar-refractivity contribution in [3.05, 3.63) is 88.1 Å². The van der Waals surface area contributed by atoms with Gasteiger partial charge in [0.15, 0.2) is 5.54 Å². The fourth-order valence-electron chi connectivity index (χ4n) is 5.06. The van der Waals surface area contributed by atoms with Crippen LogP contribution in [-0.4, -0.2) is 45.7 Å². The zero-order valence-corrected chi connectivity index (χ0v) is 19.8. The van der Waals surface area contributed by atoms with Crippen molar-refractivity contribution in [3.63, 3.8) is 0 Å². The Labute approximate surface area is 206 Å². The molecule has 0 bridgehead atoms. The average Bonchev–Trinajstić information content (AvgIpc) is 3.48.